The van der Waals surface area contributed by atoms with Crippen LogP contribution in [0.15, 0.2) is 30.7 Å². The minimum Gasteiger partial charge on any atom is -0.444 e. The Morgan fingerprint density at radius 3 is 2.73 bits per heavy atom. The molecule has 30 heavy (non-hydrogen) atoms. The first kappa shape index (κ1) is 20.5. The van der Waals surface area contributed by atoms with Gasteiger partial charge in [-0.3, -0.25) is 4.90 Å². The number of nitrogens with zero attached hydrogens (tertiary/aromatic N) is 4. The van der Waals surface area contributed by atoms with E-state index in [2.05, 4.69) is 10.3 Å². The molecule has 2 aliphatic rings. The van der Waals surface area contributed by atoms with Crippen LogP contribution in [-0.4, -0.2) is 58.7 Å². The Hall–Kier alpha value is -2.77. The van der Waals surface area contributed by atoms with Gasteiger partial charge in [0.05, 0.1) is 5.69 Å². The van der Waals surface area contributed by atoms with Crippen LogP contribution < -0.4 is 10.2 Å². The number of imidazole rings is 1. The van der Waals surface area contributed by atoms with Crippen molar-refractivity contribution < 1.29 is 14.3 Å². The van der Waals surface area contributed by atoms with E-state index in [1.807, 2.05) is 54.6 Å². The molecule has 2 aromatic heterocycles. The van der Waals surface area contributed by atoms with Crippen molar-refractivity contribution in [3.63, 3.8) is 0 Å². The van der Waals surface area contributed by atoms with E-state index in [4.69, 9.17) is 4.74 Å². The van der Waals surface area contributed by atoms with Gasteiger partial charge in [-0.2, -0.15) is 0 Å². The molecular formula is C22H31N5O3. The number of aromatic nitrogens is 2. The second-order valence-corrected chi connectivity index (χ2v) is 9.56. The van der Waals surface area contributed by atoms with Crippen molar-refractivity contribution in [2.24, 2.45) is 11.3 Å². The number of likely N-dealkylation sites (tertiary alicyclic amines) is 1. The molecule has 3 amide bonds. The van der Waals surface area contributed by atoms with E-state index in [1.54, 1.807) is 18.1 Å². The zero-order chi connectivity index (χ0) is 21.5. The first-order valence-corrected chi connectivity index (χ1v) is 10.6. The maximum Gasteiger partial charge on any atom is 0.410 e. The average molecular weight is 414 g/mol. The van der Waals surface area contributed by atoms with Gasteiger partial charge in [0.2, 0.25) is 0 Å². The molecule has 0 aromatic carbocycles. The van der Waals surface area contributed by atoms with Crippen LogP contribution in [0.25, 0.3) is 5.65 Å². The summed E-state index contributed by atoms with van der Waals surface area (Å²) in [5.74, 6) is 0.478. The Labute approximate surface area is 177 Å². The van der Waals surface area contributed by atoms with Crippen LogP contribution in [0.2, 0.25) is 0 Å². The number of ether oxygens (including phenoxy) is 1. The molecule has 1 unspecified atom stereocenters. The standard InChI is InChI=1S/C22H31N5O3/c1-21(2,3)30-20(29)26-10-7-22(8-11-26)13-16(22)14-24-19(28)25(4)17-5-6-18-23-9-12-27(18)15-17/h5-6,9,12,15-16H,7-8,10-11,13-14H2,1-4H3,(H,24,28). The number of nitrogens with one attached hydrogen (secondary N) is 1. The van der Waals surface area contributed by atoms with E-state index < -0.39 is 5.60 Å². The molecule has 8 heteroatoms. The van der Waals surface area contributed by atoms with Gasteiger partial charge in [-0.15, -0.1) is 0 Å². The Morgan fingerprint density at radius 1 is 1.30 bits per heavy atom. The van der Waals surface area contributed by atoms with Crippen LogP contribution >= 0.6 is 0 Å². The van der Waals surface area contributed by atoms with Crippen LogP contribution in [0.3, 0.4) is 0 Å². The number of carbonyl (C=O) groups is 2. The summed E-state index contributed by atoms with van der Waals surface area (Å²) in [4.78, 5) is 32.5. The maximum absolute atomic E-state index is 12.6. The number of piperidine rings is 1. The number of pyridine rings is 1. The van der Waals surface area contributed by atoms with Crippen molar-refractivity contribution in [2.45, 2.75) is 45.6 Å². The molecule has 1 spiro atoms. The third-order valence-corrected chi connectivity index (χ3v) is 6.33. The SMILES string of the molecule is CN(C(=O)NCC1CC12CCN(C(=O)OC(C)(C)C)CC2)c1ccc2nccn2c1. The lowest BCUT2D eigenvalue weighted by molar-refractivity contribution is 0.0166. The van der Waals surface area contributed by atoms with Gasteiger partial charge in [0, 0.05) is 45.3 Å². The van der Waals surface area contributed by atoms with Crippen molar-refractivity contribution in [1.82, 2.24) is 19.6 Å². The summed E-state index contributed by atoms with van der Waals surface area (Å²) in [7, 11) is 1.77. The lowest BCUT2D eigenvalue weighted by Gasteiger charge is -2.34. The number of rotatable bonds is 3. The van der Waals surface area contributed by atoms with Crippen LogP contribution in [0.4, 0.5) is 15.3 Å². The summed E-state index contributed by atoms with van der Waals surface area (Å²) in [6.45, 7) is 7.79. The second-order valence-electron chi connectivity index (χ2n) is 9.56. The zero-order valence-corrected chi connectivity index (χ0v) is 18.2. The van der Waals surface area contributed by atoms with E-state index >= 15 is 0 Å². The summed E-state index contributed by atoms with van der Waals surface area (Å²) in [5, 5.41) is 3.08. The topological polar surface area (TPSA) is 79.2 Å². The molecule has 2 aromatic rings. The summed E-state index contributed by atoms with van der Waals surface area (Å²) in [6, 6.07) is 3.68. The van der Waals surface area contributed by atoms with Gasteiger partial charge in [0.25, 0.3) is 0 Å². The Kier molecular flexibility index (Phi) is 5.11. The summed E-state index contributed by atoms with van der Waals surface area (Å²) < 4.78 is 7.38. The van der Waals surface area contributed by atoms with Crippen molar-refractivity contribution in [1.29, 1.82) is 0 Å². The third-order valence-electron chi connectivity index (χ3n) is 6.33. The Balaban J connectivity index is 1.25. The molecule has 1 N–H and O–H groups in total. The summed E-state index contributed by atoms with van der Waals surface area (Å²) >= 11 is 0. The molecular weight excluding hydrogens is 382 g/mol. The number of amides is 3. The highest BCUT2D eigenvalue weighted by Gasteiger charge is 2.55. The highest BCUT2D eigenvalue weighted by Crippen LogP contribution is 2.59. The number of urea groups is 1. The van der Waals surface area contributed by atoms with E-state index in [-0.39, 0.29) is 17.5 Å². The minimum atomic E-state index is -0.465. The normalized spacial score (nSPS) is 20.3. The van der Waals surface area contributed by atoms with Gasteiger partial charge in [-0.05, 0) is 63.5 Å². The molecule has 4 rings (SSSR count). The van der Waals surface area contributed by atoms with Crippen molar-refractivity contribution >= 4 is 23.5 Å². The molecule has 8 nitrogen and oxygen atoms in total. The molecule has 0 radical (unpaired) electrons. The van der Waals surface area contributed by atoms with Crippen LogP contribution in [0, 0.1) is 11.3 Å². The Morgan fingerprint density at radius 2 is 2.03 bits per heavy atom. The second kappa shape index (κ2) is 7.49. The summed E-state index contributed by atoms with van der Waals surface area (Å²) in [5.41, 5.74) is 1.46. The van der Waals surface area contributed by atoms with E-state index in [1.165, 1.54) is 0 Å². The van der Waals surface area contributed by atoms with Crippen LogP contribution in [0.5, 0.6) is 0 Å². The first-order valence-electron chi connectivity index (χ1n) is 10.6. The molecule has 1 saturated carbocycles. The molecule has 1 saturated heterocycles. The van der Waals surface area contributed by atoms with Gasteiger partial charge in [-0.25, -0.2) is 14.6 Å². The lowest BCUT2D eigenvalue weighted by Crippen LogP contribution is -2.43. The number of hydrogen-bond acceptors (Lipinski definition) is 4. The van der Waals surface area contributed by atoms with E-state index in [0.717, 1.165) is 43.7 Å². The number of fused-ring (bicyclic) bond motifs is 1. The van der Waals surface area contributed by atoms with E-state index in [9.17, 15) is 9.59 Å². The molecule has 2 fully saturated rings. The average Bonchev–Trinajstić information content (AvgIpc) is 3.14. The minimum absolute atomic E-state index is 0.109. The van der Waals surface area contributed by atoms with Crippen molar-refractivity contribution in [3.05, 3.63) is 30.7 Å². The number of hydrogen-bond donors (Lipinski definition) is 1. The Bertz CT molecular complexity index is 940. The van der Waals surface area contributed by atoms with Gasteiger partial charge in [-0.1, -0.05) is 0 Å². The van der Waals surface area contributed by atoms with Gasteiger partial charge in [0.15, 0.2) is 0 Å². The number of carbonyl (C=O) groups excluding carboxylic acids is 2. The van der Waals surface area contributed by atoms with E-state index in [0.29, 0.717) is 12.5 Å². The quantitative estimate of drug-likeness (QED) is 0.835. The fourth-order valence-corrected chi connectivity index (χ4v) is 4.35. The highest BCUT2D eigenvalue weighted by molar-refractivity contribution is 5.91. The van der Waals surface area contributed by atoms with Crippen LogP contribution in [0.1, 0.15) is 40.0 Å². The van der Waals surface area contributed by atoms with Crippen molar-refractivity contribution in [2.75, 3.05) is 31.6 Å². The molecule has 0 bridgehead atoms. The number of anilines is 1. The highest BCUT2D eigenvalue weighted by atomic mass is 16.6. The third kappa shape index (κ3) is 4.22. The molecule has 1 aliphatic heterocycles. The first-order chi connectivity index (χ1) is 14.2. The van der Waals surface area contributed by atoms with Gasteiger partial charge in [0.1, 0.15) is 11.2 Å². The zero-order valence-electron chi connectivity index (χ0n) is 18.2. The van der Waals surface area contributed by atoms with Crippen molar-refractivity contribution in [3.8, 4) is 0 Å². The molecule has 3 heterocycles. The molecule has 1 atom stereocenters. The fraction of sp³-hybridized carbons (Fsp3) is 0.591. The largest absolute Gasteiger partial charge is 0.444 e. The van der Waals surface area contributed by atoms with Gasteiger partial charge < -0.3 is 19.4 Å². The molecule has 162 valence electrons. The van der Waals surface area contributed by atoms with Gasteiger partial charge >= 0.3 is 12.1 Å². The fourth-order valence-electron chi connectivity index (χ4n) is 4.35. The van der Waals surface area contributed by atoms with Crippen LogP contribution in [-0.2, 0) is 4.74 Å². The summed E-state index contributed by atoms with van der Waals surface area (Å²) in [6.07, 6.45) is 8.33. The predicted octanol–water partition coefficient (Wildman–Crippen LogP) is 3.52. The maximum atomic E-state index is 12.6. The monoisotopic (exact) mass is 413 g/mol. The molecule has 1 aliphatic carbocycles. The smallest absolute Gasteiger partial charge is 0.410 e. The lowest BCUT2D eigenvalue weighted by atomic mass is 9.91. The predicted molar refractivity (Wildman–Crippen MR) is 115 cm³/mol.